The van der Waals surface area contributed by atoms with Crippen LogP contribution >= 0.6 is 11.6 Å². The van der Waals surface area contributed by atoms with Crippen LogP contribution in [0.25, 0.3) is 0 Å². The van der Waals surface area contributed by atoms with Gasteiger partial charge in [0.25, 0.3) is 0 Å². The maximum Gasteiger partial charge on any atom is 0.320 e. The molecular formula is C21H24ClNO4. The Balaban J connectivity index is 2.17. The molecule has 0 amide bonds. The summed E-state index contributed by atoms with van der Waals surface area (Å²) in [4.78, 5) is 14.0. The number of nitrogens with zero attached hydrogens (tertiary/aromatic N) is 1. The number of hydrogen-bond acceptors (Lipinski definition) is 4. The van der Waals surface area contributed by atoms with Crippen molar-refractivity contribution in [3.05, 3.63) is 58.6 Å². The molecule has 1 fully saturated rings. The molecule has 1 N–H and O–H groups in total. The average Bonchev–Trinajstić information content (AvgIpc) is 2.70. The molecule has 1 heterocycles. The number of benzene rings is 2. The van der Waals surface area contributed by atoms with Crippen LogP contribution < -0.4 is 9.47 Å². The van der Waals surface area contributed by atoms with E-state index in [4.69, 9.17) is 21.1 Å². The second kappa shape index (κ2) is 8.63. The lowest BCUT2D eigenvalue weighted by Gasteiger charge is -2.40. The molecule has 0 spiro atoms. The van der Waals surface area contributed by atoms with E-state index in [1.54, 1.807) is 14.2 Å². The van der Waals surface area contributed by atoms with E-state index in [0.717, 1.165) is 24.0 Å². The first-order chi connectivity index (χ1) is 13.1. The first kappa shape index (κ1) is 19.5. The summed E-state index contributed by atoms with van der Waals surface area (Å²) in [5, 5.41) is 10.4. The normalized spacial score (nSPS) is 18.7. The topological polar surface area (TPSA) is 59.0 Å². The highest BCUT2D eigenvalue weighted by molar-refractivity contribution is 6.31. The first-order valence-electron chi connectivity index (χ1n) is 9.01. The van der Waals surface area contributed by atoms with Gasteiger partial charge in [-0.1, -0.05) is 36.2 Å². The third-order valence-corrected chi connectivity index (χ3v) is 5.44. The number of carboxylic acid groups (broad SMARTS) is 1. The van der Waals surface area contributed by atoms with Gasteiger partial charge in [-0.3, -0.25) is 9.69 Å². The molecule has 27 heavy (non-hydrogen) atoms. The van der Waals surface area contributed by atoms with E-state index in [-0.39, 0.29) is 6.04 Å². The Labute approximate surface area is 164 Å². The minimum Gasteiger partial charge on any atom is -0.497 e. The van der Waals surface area contributed by atoms with Crippen molar-refractivity contribution >= 4 is 17.6 Å². The number of piperidine rings is 1. The monoisotopic (exact) mass is 389 g/mol. The lowest BCUT2D eigenvalue weighted by Crippen LogP contribution is -2.47. The molecule has 3 rings (SSSR count). The summed E-state index contributed by atoms with van der Waals surface area (Å²) >= 11 is 6.53. The fourth-order valence-electron chi connectivity index (χ4n) is 3.79. The van der Waals surface area contributed by atoms with Crippen LogP contribution in [0.15, 0.2) is 42.5 Å². The molecule has 2 atom stereocenters. The Kier molecular flexibility index (Phi) is 6.24. The van der Waals surface area contributed by atoms with E-state index in [0.29, 0.717) is 29.5 Å². The summed E-state index contributed by atoms with van der Waals surface area (Å²) in [7, 11) is 3.21. The summed E-state index contributed by atoms with van der Waals surface area (Å²) in [6.45, 7) is 0.683. The molecule has 144 valence electrons. The molecule has 2 aromatic rings. The van der Waals surface area contributed by atoms with Crippen LogP contribution in [0, 0.1) is 0 Å². The van der Waals surface area contributed by atoms with E-state index in [1.807, 2.05) is 47.4 Å². The third-order valence-electron chi connectivity index (χ3n) is 5.10. The maximum absolute atomic E-state index is 11.9. The van der Waals surface area contributed by atoms with Crippen molar-refractivity contribution in [3.8, 4) is 11.5 Å². The minimum absolute atomic E-state index is 0.319. The molecule has 6 heteroatoms. The van der Waals surface area contributed by atoms with E-state index in [1.165, 1.54) is 0 Å². The summed E-state index contributed by atoms with van der Waals surface area (Å²) in [6.07, 6.45) is 2.47. The predicted octanol–water partition coefficient (Wildman–Crippen LogP) is 4.39. The SMILES string of the molecule is COc1ccc(C(c2ccccc2Cl)N2CCCCC2C(=O)O)c(OC)c1. The molecule has 1 aliphatic heterocycles. The van der Waals surface area contributed by atoms with Crippen molar-refractivity contribution < 1.29 is 19.4 Å². The molecule has 0 radical (unpaired) electrons. The lowest BCUT2D eigenvalue weighted by atomic mass is 9.91. The predicted molar refractivity (Wildman–Crippen MR) is 105 cm³/mol. The minimum atomic E-state index is -0.806. The van der Waals surface area contributed by atoms with E-state index < -0.39 is 12.0 Å². The van der Waals surface area contributed by atoms with Gasteiger partial charge in [-0.05, 0) is 43.1 Å². The Morgan fingerprint density at radius 3 is 2.59 bits per heavy atom. The van der Waals surface area contributed by atoms with Crippen LogP contribution in [0.3, 0.4) is 0 Å². The highest BCUT2D eigenvalue weighted by Gasteiger charge is 2.37. The fourth-order valence-corrected chi connectivity index (χ4v) is 4.03. The molecule has 2 aromatic carbocycles. The number of methoxy groups -OCH3 is 2. The Bertz CT molecular complexity index is 811. The molecule has 1 aliphatic rings. The van der Waals surface area contributed by atoms with E-state index >= 15 is 0 Å². The third kappa shape index (κ3) is 4.04. The molecule has 2 unspecified atom stereocenters. The van der Waals surface area contributed by atoms with Gasteiger partial charge in [0, 0.05) is 16.7 Å². The lowest BCUT2D eigenvalue weighted by molar-refractivity contribution is -0.145. The Morgan fingerprint density at radius 2 is 1.93 bits per heavy atom. The van der Waals surface area contributed by atoms with Crippen molar-refractivity contribution in [3.63, 3.8) is 0 Å². The standard InChI is InChI=1S/C21H24ClNO4/c1-26-14-10-11-16(19(13-14)27-2)20(15-7-3-4-8-17(15)22)23-12-6-5-9-18(23)21(24)25/h3-4,7-8,10-11,13,18,20H,5-6,9,12H2,1-2H3,(H,24,25). The van der Waals surface area contributed by atoms with Crippen LogP contribution in [0.2, 0.25) is 5.02 Å². The fraction of sp³-hybridized carbons (Fsp3) is 0.381. The van der Waals surface area contributed by atoms with Crippen LogP contribution in [-0.2, 0) is 4.79 Å². The van der Waals surface area contributed by atoms with Gasteiger partial charge in [-0.2, -0.15) is 0 Å². The number of carbonyl (C=O) groups is 1. The summed E-state index contributed by atoms with van der Waals surface area (Å²) in [5.74, 6) is 0.523. The van der Waals surface area contributed by atoms with Crippen molar-refractivity contribution in [2.75, 3.05) is 20.8 Å². The van der Waals surface area contributed by atoms with Crippen LogP contribution in [0.4, 0.5) is 0 Å². The molecular weight excluding hydrogens is 366 g/mol. The van der Waals surface area contributed by atoms with Gasteiger partial charge in [-0.15, -0.1) is 0 Å². The van der Waals surface area contributed by atoms with E-state index in [9.17, 15) is 9.90 Å². The van der Waals surface area contributed by atoms with E-state index in [2.05, 4.69) is 0 Å². The molecule has 0 aliphatic carbocycles. The van der Waals surface area contributed by atoms with Gasteiger partial charge in [0.2, 0.25) is 0 Å². The smallest absolute Gasteiger partial charge is 0.320 e. The van der Waals surface area contributed by atoms with Crippen molar-refractivity contribution in [2.24, 2.45) is 0 Å². The van der Waals surface area contributed by atoms with Gasteiger partial charge in [0.1, 0.15) is 17.5 Å². The zero-order valence-corrected chi connectivity index (χ0v) is 16.3. The maximum atomic E-state index is 11.9. The summed E-state index contributed by atoms with van der Waals surface area (Å²) in [5.41, 5.74) is 1.75. The number of rotatable bonds is 6. The largest absolute Gasteiger partial charge is 0.497 e. The highest BCUT2D eigenvalue weighted by atomic mass is 35.5. The first-order valence-corrected chi connectivity index (χ1v) is 9.39. The number of halogens is 1. The molecule has 0 bridgehead atoms. The van der Waals surface area contributed by atoms with Crippen LogP contribution in [0.1, 0.15) is 36.4 Å². The average molecular weight is 390 g/mol. The van der Waals surface area contributed by atoms with Crippen molar-refractivity contribution in [1.29, 1.82) is 0 Å². The number of hydrogen-bond donors (Lipinski definition) is 1. The molecule has 0 saturated carbocycles. The summed E-state index contributed by atoms with van der Waals surface area (Å²) in [6, 6.07) is 12.3. The van der Waals surface area contributed by atoms with Gasteiger partial charge >= 0.3 is 5.97 Å². The second-order valence-electron chi connectivity index (χ2n) is 6.62. The molecule has 0 aromatic heterocycles. The van der Waals surface area contributed by atoms with Gasteiger partial charge in [0.15, 0.2) is 0 Å². The zero-order valence-electron chi connectivity index (χ0n) is 15.5. The Hall–Kier alpha value is -2.24. The molecule has 5 nitrogen and oxygen atoms in total. The number of aliphatic carboxylic acids is 1. The van der Waals surface area contributed by atoms with Crippen LogP contribution in [-0.4, -0.2) is 42.8 Å². The quantitative estimate of drug-likeness (QED) is 0.794. The van der Waals surface area contributed by atoms with Gasteiger partial charge in [0.05, 0.1) is 20.3 Å². The summed E-state index contributed by atoms with van der Waals surface area (Å²) < 4.78 is 10.9. The zero-order chi connectivity index (χ0) is 19.4. The van der Waals surface area contributed by atoms with Gasteiger partial charge < -0.3 is 14.6 Å². The van der Waals surface area contributed by atoms with Crippen molar-refractivity contribution in [2.45, 2.75) is 31.3 Å². The van der Waals surface area contributed by atoms with Crippen LogP contribution in [0.5, 0.6) is 11.5 Å². The second-order valence-corrected chi connectivity index (χ2v) is 7.03. The van der Waals surface area contributed by atoms with Gasteiger partial charge in [-0.25, -0.2) is 0 Å². The highest BCUT2D eigenvalue weighted by Crippen LogP contribution is 2.41. The van der Waals surface area contributed by atoms with Crippen molar-refractivity contribution in [1.82, 2.24) is 4.90 Å². The number of carboxylic acids is 1. The number of ether oxygens (including phenoxy) is 2. The molecule has 1 saturated heterocycles. The Morgan fingerprint density at radius 1 is 1.15 bits per heavy atom. The number of likely N-dealkylation sites (tertiary alicyclic amines) is 1.